The standard InChI is InChI=1S/C18H21NO5/c1-11-6-16(23-4)17(24-5)10-15(11)19-18(20)12-7-13(21-2)9-14(8-12)22-3/h6-10H,1-5H3,(H,19,20). The third-order valence-corrected chi connectivity index (χ3v) is 3.59. The van der Waals surface area contributed by atoms with E-state index in [0.29, 0.717) is 34.2 Å². The van der Waals surface area contributed by atoms with Crippen molar-refractivity contribution in [3.05, 3.63) is 41.5 Å². The fraction of sp³-hybridized carbons (Fsp3) is 0.278. The lowest BCUT2D eigenvalue weighted by molar-refractivity contribution is 0.102. The van der Waals surface area contributed by atoms with Gasteiger partial charge < -0.3 is 24.3 Å². The SMILES string of the molecule is COc1cc(OC)cc(C(=O)Nc2cc(OC)c(OC)cc2C)c1. The van der Waals surface area contributed by atoms with Gasteiger partial charge in [0.2, 0.25) is 0 Å². The highest BCUT2D eigenvalue weighted by Gasteiger charge is 2.14. The first kappa shape index (κ1) is 17.5. The van der Waals surface area contributed by atoms with Gasteiger partial charge in [0.25, 0.3) is 5.91 Å². The Morgan fingerprint density at radius 2 is 1.33 bits per heavy atom. The van der Waals surface area contributed by atoms with E-state index in [-0.39, 0.29) is 5.91 Å². The first-order chi connectivity index (χ1) is 11.5. The number of carbonyl (C=O) groups is 1. The van der Waals surface area contributed by atoms with Crippen molar-refractivity contribution in [1.82, 2.24) is 0 Å². The third-order valence-electron chi connectivity index (χ3n) is 3.59. The normalized spacial score (nSPS) is 10.0. The molecule has 0 spiro atoms. The van der Waals surface area contributed by atoms with Crippen molar-refractivity contribution < 1.29 is 23.7 Å². The summed E-state index contributed by atoms with van der Waals surface area (Å²) in [6.07, 6.45) is 0. The second-order valence-electron chi connectivity index (χ2n) is 5.08. The number of anilines is 1. The molecule has 2 aromatic carbocycles. The van der Waals surface area contributed by atoms with Crippen LogP contribution in [0, 0.1) is 6.92 Å². The average molecular weight is 331 g/mol. The molecule has 1 N–H and O–H groups in total. The summed E-state index contributed by atoms with van der Waals surface area (Å²) in [6, 6.07) is 8.53. The van der Waals surface area contributed by atoms with Crippen LogP contribution >= 0.6 is 0 Å². The van der Waals surface area contributed by atoms with Crippen LogP contribution in [0.4, 0.5) is 5.69 Å². The van der Waals surface area contributed by atoms with E-state index in [2.05, 4.69) is 5.32 Å². The highest BCUT2D eigenvalue weighted by atomic mass is 16.5. The van der Waals surface area contributed by atoms with Gasteiger partial charge in [-0.3, -0.25) is 4.79 Å². The van der Waals surface area contributed by atoms with Crippen molar-refractivity contribution in [3.8, 4) is 23.0 Å². The lowest BCUT2D eigenvalue weighted by atomic mass is 10.1. The van der Waals surface area contributed by atoms with Crippen LogP contribution in [0.5, 0.6) is 23.0 Å². The Morgan fingerprint density at radius 1 is 0.792 bits per heavy atom. The van der Waals surface area contributed by atoms with Gasteiger partial charge in [-0.05, 0) is 30.7 Å². The average Bonchev–Trinajstić information content (AvgIpc) is 2.62. The molecular formula is C18H21NO5. The lowest BCUT2D eigenvalue weighted by Gasteiger charge is -2.14. The minimum Gasteiger partial charge on any atom is -0.497 e. The van der Waals surface area contributed by atoms with Gasteiger partial charge >= 0.3 is 0 Å². The monoisotopic (exact) mass is 331 g/mol. The number of rotatable bonds is 6. The van der Waals surface area contributed by atoms with Crippen LogP contribution in [0.25, 0.3) is 0 Å². The predicted molar refractivity (Wildman–Crippen MR) is 91.8 cm³/mol. The molecule has 0 aromatic heterocycles. The second kappa shape index (κ2) is 7.59. The summed E-state index contributed by atoms with van der Waals surface area (Å²) in [5, 5.41) is 2.87. The van der Waals surface area contributed by atoms with Crippen LogP contribution in [0.15, 0.2) is 30.3 Å². The highest BCUT2D eigenvalue weighted by molar-refractivity contribution is 6.05. The summed E-state index contributed by atoms with van der Waals surface area (Å²) in [5.41, 5.74) is 1.93. The van der Waals surface area contributed by atoms with E-state index in [1.165, 1.54) is 14.2 Å². The Balaban J connectivity index is 2.33. The van der Waals surface area contributed by atoms with Crippen LogP contribution in [-0.2, 0) is 0 Å². The fourth-order valence-corrected chi connectivity index (χ4v) is 2.25. The summed E-state index contributed by atoms with van der Waals surface area (Å²) in [5.74, 6) is 1.97. The molecule has 0 heterocycles. The number of aryl methyl sites for hydroxylation is 1. The van der Waals surface area contributed by atoms with E-state index < -0.39 is 0 Å². The molecule has 0 aliphatic rings. The highest BCUT2D eigenvalue weighted by Crippen LogP contribution is 2.33. The van der Waals surface area contributed by atoms with Crippen LogP contribution < -0.4 is 24.3 Å². The smallest absolute Gasteiger partial charge is 0.255 e. The third kappa shape index (κ3) is 3.71. The van der Waals surface area contributed by atoms with E-state index >= 15 is 0 Å². The Bertz CT molecular complexity index is 720. The molecule has 6 nitrogen and oxygen atoms in total. The zero-order valence-corrected chi connectivity index (χ0v) is 14.4. The van der Waals surface area contributed by atoms with E-state index in [4.69, 9.17) is 18.9 Å². The zero-order chi connectivity index (χ0) is 17.7. The van der Waals surface area contributed by atoms with Crippen LogP contribution in [0.3, 0.4) is 0 Å². The molecule has 2 rings (SSSR count). The van der Waals surface area contributed by atoms with Crippen LogP contribution in [-0.4, -0.2) is 34.3 Å². The number of benzene rings is 2. The van der Waals surface area contributed by atoms with Crippen molar-refractivity contribution in [3.63, 3.8) is 0 Å². The van der Waals surface area contributed by atoms with E-state index in [1.807, 2.05) is 6.92 Å². The van der Waals surface area contributed by atoms with Gasteiger partial charge in [0.1, 0.15) is 11.5 Å². The summed E-state index contributed by atoms with van der Waals surface area (Å²) >= 11 is 0. The Kier molecular flexibility index (Phi) is 5.52. The second-order valence-corrected chi connectivity index (χ2v) is 5.08. The number of ether oxygens (including phenoxy) is 4. The van der Waals surface area contributed by atoms with Crippen LogP contribution in [0.1, 0.15) is 15.9 Å². The van der Waals surface area contributed by atoms with Crippen molar-refractivity contribution >= 4 is 11.6 Å². The zero-order valence-electron chi connectivity index (χ0n) is 14.4. The van der Waals surface area contributed by atoms with Gasteiger partial charge in [-0.25, -0.2) is 0 Å². The molecule has 0 aliphatic carbocycles. The summed E-state index contributed by atoms with van der Waals surface area (Å²) in [6.45, 7) is 1.88. The Labute approximate surface area is 141 Å². The number of hydrogen-bond acceptors (Lipinski definition) is 5. The summed E-state index contributed by atoms with van der Waals surface area (Å²) in [7, 11) is 6.19. The van der Waals surface area contributed by atoms with Gasteiger partial charge in [0.15, 0.2) is 11.5 Å². The molecule has 24 heavy (non-hydrogen) atoms. The molecular weight excluding hydrogens is 310 g/mol. The number of nitrogens with one attached hydrogen (secondary N) is 1. The number of methoxy groups -OCH3 is 4. The molecule has 0 bridgehead atoms. The number of hydrogen-bond donors (Lipinski definition) is 1. The first-order valence-corrected chi connectivity index (χ1v) is 7.29. The number of amides is 1. The maximum atomic E-state index is 12.6. The molecule has 0 fully saturated rings. The van der Waals surface area contributed by atoms with Crippen LogP contribution in [0.2, 0.25) is 0 Å². The van der Waals surface area contributed by atoms with Gasteiger partial charge in [0, 0.05) is 23.4 Å². The molecule has 0 unspecified atom stereocenters. The minimum absolute atomic E-state index is 0.275. The molecule has 0 radical (unpaired) electrons. The van der Waals surface area contributed by atoms with Crippen molar-refractivity contribution in [2.24, 2.45) is 0 Å². The Hall–Kier alpha value is -2.89. The van der Waals surface area contributed by atoms with Crippen molar-refractivity contribution in [2.45, 2.75) is 6.92 Å². The summed E-state index contributed by atoms with van der Waals surface area (Å²) in [4.78, 5) is 12.6. The molecule has 128 valence electrons. The molecule has 1 amide bonds. The van der Waals surface area contributed by atoms with Gasteiger partial charge in [-0.2, -0.15) is 0 Å². The molecule has 2 aromatic rings. The molecule has 6 heteroatoms. The van der Waals surface area contributed by atoms with Crippen molar-refractivity contribution in [2.75, 3.05) is 33.8 Å². The lowest BCUT2D eigenvalue weighted by Crippen LogP contribution is -2.13. The molecule has 0 saturated heterocycles. The molecule has 0 aliphatic heterocycles. The maximum absolute atomic E-state index is 12.6. The van der Waals surface area contributed by atoms with Gasteiger partial charge in [-0.1, -0.05) is 0 Å². The van der Waals surface area contributed by atoms with E-state index in [9.17, 15) is 4.79 Å². The Morgan fingerprint density at radius 3 is 1.83 bits per heavy atom. The minimum atomic E-state index is -0.275. The molecule has 0 saturated carbocycles. The van der Waals surface area contributed by atoms with Gasteiger partial charge in [-0.15, -0.1) is 0 Å². The summed E-state index contributed by atoms with van der Waals surface area (Å²) < 4.78 is 20.9. The van der Waals surface area contributed by atoms with E-state index in [0.717, 1.165) is 5.56 Å². The molecule has 0 atom stereocenters. The largest absolute Gasteiger partial charge is 0.497 e. The maximum Gasteiger partial charge on any atom is 0.255 e. The van der Waals surface area contributed by atoms with Gasteiger partial charge in [0.05, 0.1) is 28.4 Å². The van der Waals surface area contributed by atoms with Crippen molar-refractivity contribution in [1.29, 1.82) is 0 Å². The predicted octanol–water partition coefficient (Wildman–Crippen LogP) is 3.28. The topological polar surface area (TPSA) is 66.0 Å². The fourth-order valence-electron chi connectivity index (χ4n) is 2.25. The number of carbonyl (C=O) groups excluding carboxylic acids is 1. The first-order valence-electron chi connectivity index (χ1n) is 7.29. The quantitative estimate of drug-likeness (QED) is 0.880. The van der Waals surface area contributed by atoms with E-state index in [1.54, 1.807) is 44.6 Å².